The molecule has 1 amide bonds. The fourth-order valence-corrected chi connectivity index (χ4v) is 2.46. The molecular weight excluding hydrogens is 332 g/mol. The molecule has 0 unspecified atom stereocenters. The first kappa shape index (κ1) is 17.2. The van der Waals surface area contributed by atoms with Crippen LogP contribution in [0.3, 0.4) is 0 Å². The zero-order chi connectivity index (χ0) is 18.4. The monoisotopic (exact) mass is 348 g/mol. The Balaban J connectivity index is 1.74. The van der Waals surface area contributed by atoms with Gasteiger partial charge in [0.25, 0.3) is 11.6 Å². The number of hydrogen-bond acceptors (Lipinski definition) is 4. The highest BCUT2D eigenvalue weighted by Gasteiger charge is 2.19. The third-order valence-electron chi connectivity index (χ3n) is 3.73. The van der Waals surface area contributed by atoms with Crippen LogP contribution in [0, 0.1) is 10.1 Å². The normalized spacial score (nSPS) is 10.2. The lowest BCUT2D eigenvalue weighted by atomic mass is 10.1. The fraction of sp³-hybridized carbons (Fsp3) is 0.0500. The number of nitro groups is 1. The van der Waals surface area contributed by atoms with Gasteiger partial charge in [-0.15, -0.1) is 0 Å². The first-order chi connectivity index (χ1) is 12.6. The minimum Gasteiger partial charge on any atom is -0.457 e. The first-order valence-corrected chi connectivity index (χ1v) is 7.97. The van der Waals surface area contributed by atoms with Crippen molar-refractivity contribution in [1.29, 1.82) is 0 Å². The summed E-state index contributed by atoms with van der Waals surface area (Å²) >= 11 is 0. The third-order valence-corrected chi connectivity index (χ3v) is 3.73. The molecule has 3 rings (SSSR count). The van der Waals surface area contributed by atoms with E-state index >= 15 is 0 Å². The van der Waals surface area contributed by atoms with Gasteiger partial charge in [-0.1, -0.05) is 48.5 Å². The van der Waals surface area contributed by atoms with Crippen molar-refractivity contribution in [3.8, 4) is 11.5 Å². The largest absolute Gasteiger partial charge is 0.457 e. The Morgan fingerprint density at radius 3 is 2.35 bits per heavy atom. The molecule has 0 radical (unpaired) electrons. The van der Waals surface area contributed by atoms with Crippen LogP contribution >= 0.6 is 0 Å². The van der Waals surface area contributed by atoms with Crippen molar-refractivity contribution in [2.24, 2.45) is 0 Å². The minimum atomic E-state index is -0.568. The molecule has 6 nitrogen and oxygen atoms in total. The lowest BCUT2D eigenvalue weighted by Gasteiger charge is -2.12. The number of ether oxygens (including phenoxy) is 1. The van der Waals surface area contributed by atoms with Gasteiger partial charge in [0.2, 0.25) is 0 Å². The van der Waals surface area contributed by atoms with Crippen LogP contribution in [-0.2, 0) is 6.54 Å². The molecule has 0 heterocycles. The Labute approximate surface area is 150 Å². The summed E-state index contributed by atoms with van der Waals surface area (Å²) in [4.78, 5) is 22.9. The van der Waals surface area contributed by atoms with Crippen molar-refractivity contribution in [1.82, 2.24) is 5.32 Å². The molecule has 3 aromatic rings. The molecule has 0 saturated heterocycles. The van der Waals surface area contributed by atoms with Gasteiger partial charge < -0.3 is 10.1 Å². The molecule has 0 atom stereocenters. The molecule has 0 aliphatic heterocycles. The molecule has 0 saturated carbocycles. The quantitative estimate of drug-likeness (QED) is 0.531. The Kier molecular flexibility index (Phi) is 5.24. The average Bonchev–Trinajstić information content (AvgIpc) is 2.68. The zero-order valence-electron chi connectivity index (χ0n) is 13.8. The van der Waals surface area contributed by atoms with E-state index in [-0.39, 0.29) is 17.8 Å². The number of carbonyl (C=O) groups is 1. The van der Waals surface area contributed by atoms with Gasteiger partial charge in [-0.3, -0.25) is 14.9 Å². The summed E-state index contributed by atoms with van der Waals surface area (Å²) in [5.74, 6) is 0.790. The number of nitrogens with zero attached hydrogens (tertiary/aromatic N) is 1. The molecule has 0 spiro atoms. The van der Waals surface area contributed by atoms with Gasteiger partial charge in [-0.05, 0) is 24.3 Å². The van der Waals surface area contributed by atoms with Crippen LogP contribution in [0.15, 0.2) is 78.9 Å². The number of carbonyl (C=O) groups excluding carboxylic acids is 1. The molecule has 0 aromatic heterocycles. The molecule has 130 valence electrons. The Morgan fingerprint density at radius 1 is 0.923 bits per heavy atom. The van der Waals surface area contributed by atoms with E-state index in [2.05, 4.69) is 5.32 Å². The summed E-state index contributed by atoms with van der Waals surface area (Å²) in [5, 5.41) is 13.8. The van der Waals surface area contributed by atoms with Gasteiger partial charge in [0.15, 0.2) is 0 Å². The van der Waals surface area contributed by atoms with Crippen molar-refractivity contribution in [2.45, 2.75) is 6.54 Å². The summed E-state index contributed by atoms with van der Waals surface area (Å²) in [7, 11) is 0. The summed E-state index contributed by atoms with van der Waals surface area (Å²) < 4.78 is 5.85. The van der Waals surface area contributed by atoms with E-state index in [9.17, 15) is 14.9 Å². The van der Waals surface area contributed by atoms with Crippen LogP contribution in [0.5, 0.6) is 11.5 Å². The van der Waals surface area contributed by atoms with E-state index in [1.165, 1.54) is 18.2 Å². The van der Waals surface area contributed by atoms with Crippen molar-refractivity contribution >= 4 is 11.6 Å². The molecule has 0 aliphatic rings. The number of nitrogens with one attached hydrogen (secondary N) is 1. The number of hydrogen-bond donors (Lipinski definition) is 1. The van der Waals surface area contributed by atoms with E-state index in [1.807, 2.05) is 48.5 Å². The lowest BCUT2D eigenvalue weighted by Crippen LogP contribution is -2.23. The topological polar surface area (TPSA) is 81.5 Å². The second kappa shape index (κ2) is 7.94. The average molecular weight is 348 g/mol. The molecule has 1 N–H and O–H groups in total. The van der Waals surface area contributed by atoms with Crippen LogP contribution in [-0.4, -0.2) is 10.8 Å². The summed E-state index contributed by atoms with van der Waals surface area (Å²) in [6, 6.07) is 22.5. The molecule has 3 aromatic carbocycles. The van der Waals surface area contributed by atoms with E-state index < -0.39 is 10.8 Å². The van der Waals surface area contributed by atoms with Gasteiger partial charge in [0.1, 0.15) is 17.1 Å². The Morgan fingerprint density at radius 2 is 1.58 bits per heavy atom. The van der Waals surface area contributed by atoms with Gasteiger partial charge in [0.05, 0.1) is 4.92 Å². The van der Waals surface area contributed by atoms with Crippen LogP contribution < -0.4 is 10.1 Å². The highest BCUT2D eigenvalue weighted by atomic mass is 16.6. The number of amides is 1. The maximum absolute atomic E-state index is 12.4. The minimum absolute atomic E-state index is 0.0268. The Hall–Kier alpha value is -3.67. The van der Waals surface area contributed by atoms with Crippen molar-refractivity contribution in [3.63, 3.8) is 0 Å². The smallest absolute Gasteiger partial charge is 0.282 e. The highest BCUT2D eigenvalue weighted by molar-refractivity contribution is 5.98. The number of rotatable bonds is 6. The molecule has 26 heavy (non-hydrogen) atoms. The van der Waals surface area contributed by atoms with Crippen LogP contribution in [0.4, 0.5) is 5.69 Å². The second-order valence-electron chi connectivity index (χ2n) is 5.48. The van der Waals surface area contributed by atoms with E-state index in [0.717, 1.165) is 5.56 Å². The maximum atomic E-state index is 12.4. The lowest BCUT2D eigenvalue weighted by molar-refractivity contribution is -0.385. The van der Waals surface area contributed by atoms with Crippen LogP contribution in [0.25, 0.3) is 0 Å². The molecule has 0 bridgehead atoms. The zero-order valence-corrected chi connectivity index (χ0v) is 13.8. The van der Waals surface area contributed by atoms with Gasteiger partial charge in [0, 0.05) is 18.2 Å². The molecule has 0 fully saturated rings. The van der Waals surface area contributed by atoms with Crippen molar-refractivity contribution < 1.29 is 14.5 Å². The van der Waals surface area contributed by atoms with Crippen molar-refractivity contribution in [2.75, 3.05) is 0 Å². The third kappa shape index (κ3) is 4.05. The molecular formula is C20H16N2O4. The standard InChI is InChI=1S/C20H16N2O4/c23-20(17-11-5-6-12-18(17)22(24)25)21-14-15-8-4-7-13-19(15)26-16-9-2-1-3-10-16/h1-13H,14H2,(H,21,23). The SMILES string of the molecule is O=C(NCc1ccccc1Oc1ccccc1)c1ccccc1[N+](=O)[O-]. The van der Waals surface area contributed by atoms with Crippen LogP contribution in [0.2, 0.25) is 0 Å². The van der Waals surface area contributed by atoms with E-state index in [1.54, 1.807) is 12.1 Å². The van der Waals surface area contributed by atoms with Gasteiger partial charge in [-0.2, -0.15) is 0 Å². The first-order valence-electron chi connectivity index (χ1n) is 7.97. The number of benzene rings is 3. The predicted octanol–water partition coefficient (Wildman–Crippen LogP) is 4.32. The molecule has 0 aliphatic carbocycles. The van der Waals surface area contributed by atoms with Gasteiger partial charge >= 0.3 is 0 Å². The highest BCUT2D eigenvalue weighted by Crippen LogP contribution is 2.25. The van der Waals surface area contributed by atoms with Crippen LogP contribution in [0.1, 0.15) is 15.9 Å². The van der Waals surface area contributed by atoms with Crippen molar-refractivity contribution in [3.05, 3.63) is 100 Å². The number of nitro benzene ring substituents is 1. The maximum Gasteiger partial charge on any atom is 0.282 e. The van der Waals surface area contributed by atoms with Gasteiger partial charge in [-0.25, -0.2) is 0 Å². The number of para-hydroxylation sites is 3. The van der Waals surface area contributed by atoms with E-state index in [0.29, 0.717) is 11.5 Å². The second-order valence-corrected chi connectivity index (χ2v) is 5.48. The summed E-state index contributed by atoms with van der Waals surface area (Å²) in [5.41, 5.74) is 0.570. The predicted molar refractivity (Wildman–Crippen MR) is 97.2 cm³/mol. The summed E-state index contributed by atoms with van der Waals surface area (Å²) in [6.07, 6.45) is 0. The molecule has 6 heteroatoms. The van der Waals surface area contributed by atoms with E-state index in [4.69, 9.17) is 4.74 Å². The Bertz CT molecular complexity index is 926. The summed E-state index contributed by atoms with van der Waals surface area (Å²) in [6.45, 7) is 0.188. The fourth-order valence-electron chi connectivity index (χ4n) is 2.46.